The van der Waals surface area contributed by atoms with Gasteiger partial charge in [-0.1, -0.05) is 13.8 Å². The average molecular weight is 238 g/mol. The first-order chi connectivity index (χ1) is 7.22. The van der Waals surface area contributed by atoms with Crippen molar-refractivity contribution < 1.29 is 0 Å². The molecule has 0 radical (unpaired) electrons. The van der Waals surface area contributed by atoms with E-state index in [-0.39, 0.29) is 0 Å². The zero-order valence-electron chi connectivity index (χ0n) is 8.86. The molecule has 2 rings (SSSR count). The quantitative estimate of drug-likeness (QED) is 0.889. The molecular weight excluding hydrogens is 224 g/mol. The van der Waals surface area contributed by atoms with Gasteiger partial charge in [0.1, 0.15) is 5.01 Å². The minimum absolute atomic E-state index is 0.451. The lowest BCUT2D eigenvalue weighted by atomic mass is 10.1. The van der Waals surface area contributed by atoms with Crippen molar-refractivity contribution in [1.29, 1.82) is 0 Å². The van der Waals surface area contributed by atoms with Crippen LogP contribution in [0.3, 0.4) is 0 Å². The summed E-state index contributed by atoms with van der Waals surface area (Å²) in [5.74, 6) is 0.451. The van der Waals surface area contributed by atoms with Crippen molar-refractivity contribution in [2.45, 2.75) is 26.3 Å². The molecule has 0 fully saturated rings. The smallest absolute Gasteiger partial charge is 0.124 e. The summed E-state index contributed by atoms with van der Waals surface area (Å²) in [6.45, 7) is 4.91. The Kier molecular flexibility index (Phi) is 3.19. The summed E-state index contributed by atoms with van der Waals surface area (Å²) in [6.07, 6.45) is 0. The summed E-state index contributed by atoms with van der Waals surface area (Å²) >= 11 is 3.42. The van der Waals surface area contributed by atoms with Gasteiger partial charge in [0, 0.05) is 22.4 Å². The lowest BCUT2D eigenvalue weighted by Crippen LogP contribution is -1.99. The Morgan fingerprint density at radius 1 is 1.47 bits per heavy atom. The predicted octanol–water partition coefficient (Wildman–Crippen LogP) is 3.45. The van der Waals surface area contributed by atoms with Gasteiger partial charge >= 0.3 is 0 Å². The van der Waals surface area contributed by atoms with Gasteiger partial charge in [0.05, 0.1) is 5.69 Å². The Labute approximate surface area is 97.8 Å². The molecule has 0 spiro atoms. The molecule has 4 heteroatoms. The summed E-state index contributed by atoms with van der Waals surface area (Å²) in [7, 11) is 0. The number of aromatic nitrogens is 1. The maximum atomic E-state index is 5.73. The van der Waals surface area contributed by atoms with E-state index in [4.69, 9.17) is 5.73 Å². The van der Waals surface area contributed by atoms with Gasteiger partial charge in [-0.3, -0.25) is 0 Å². The highest BCUT2D eigenvalue weighted by molar-refractivity contribution is 7.15. The molecular formula is C11H14N2S2. The van der Waals surface area contributed by atoms with Gasteiger partial charge in [0.2, 0.25) is 0 Å². The summed E-state index contributed by atoms with van der Waals surface area (Å²) < 4.78 is 0. The van der Waals surface area contributed by atoms with Crippen LogP contribution in [0.15, 0.2) is 16.8 Å². The molecule has 0 aliphatic rings. The summed E-state index contributed by atoms with van der Waals surface area (Å²) in [6, 6.07) is 2.11. The van der Waals surface area contributed by atoms with Crippen LogP contribution in [0.5, 0.6) is 0 Å². The van der Waals surface area contributed by atoms with Crippen molar-refractivity contribution in [2.24, 2.45) is 5.73 Å². The Morgan fingerprint density at radius 3 is 2.73 bits per heavy atom. The van der Waals surface area contributed by atoms with Gasteiger partial charge < -0.3 is 5.73 Å². The van der Waals surface area contributed by atoms with Crippen LogP contribution >= 0.6 is 22.7 Å². The molecule has 2 nitrogen and oxygen atoms in total. The van der Waals surface area contributed by atoms with Crippen LogP contribution in [0.1, 0.15) is 30.3 Å². The number of rotatable bonds is 3. The lowest BCUT2D eigenvalue weighted by molar-refractivity contribution is 0.814. The molecule has 0 unspecified atom stereocenters. The van der Waals surface area contributed by atoms with Crippen molar-refractivity contribution in [3.63, 3.8) is 0 Å². The van der Waals surface area contributed by atoms with Gasteiger partial charge in [-0.25, -0.2) is 4.98 Å². The molecule has 2 aromatic heterocycles. The van der Waals surface area contributed by atoms with E-state index >= 15 is 0 Å². The van der Waals surface area contributed by atoms with Crippen molar-refractivity contribution in [3.8, 4) is 10.6 Å². The van der Waals surface area contributed by atoms with Crippen molar-refractivity contribution in [2.75, 3.05) is 0 Å². The largest absolute Gasteiger partial charge is 0.326 e. The average Bonchev–Trinajstić information content (AvgIpc) is 2.86. The van der Waals surface area contributed by atoms with E-state index < -0.39 is 0 Å². The van der Waals surface area contributed by atoms with E-state index in [1.165, 1.54) is 10.4 Å². The first-order valence-electron chi connectivity index (χ1n) is 4.94. The summed E-state index contributed by atoms with van der Waals surface area (Å²) in [4.78, 5) is 5.88. The number of nitrogens with two attached hydrogens (primary N) is 1. The second-order valence-corrected chi connectivity index (χ2v) is 5.56. The standard InChI is InChI=1S/C11H14N2S2/c1-7(2)10-9(5-12)15-11(13-10)8-3-4-14-6-8/h3-4,6-7H,5,12H2,1-2H3. The van der Waals surface area contributed by atoms with Gasteiger partial charge in [-0.05, 0) is 17.4 Å². The fourth-order valence-electron chi connectivity index (χ4n) is 1.47. The van der Waals surface area contributed by atoms with E-state index in [1.54, 1.807) is 22.7 Å². The van der Waals surface area contributed by atoms with Crippen LogP contribution in [0.2, 0.25) is 0 Å². The van der Waals surface area contributed by atoms with Crippen LogP contribution in [-0.2, 0) is 6.54 Å². The van der Waals surface area contributed by atoms with E-state index in [0.29, 0.717) is 12.5 Å². The SMILES string of the molecule is CC(C)c1nc(-c2ccsc2)sc1CN. The highest BCUT2D eigenvalue weighted by Gasteiger charge is 2.13. The Bertz CT molecular complexity index is 429. The second kappa shape index (κ2) is 4.43. The molecule has 0 saturated carbocycles. The van der Waals surface area contributed by atoms with E-state index in [2.05, 4.69) is 35.7 Å². The van der Waals surface area contributed by atoms with Gasteiger partial charge in [-0.2, -0.15) is 11.3 Å². The molecule has 0 aliphatic carbocycles. The zero-order chi connectivity index (χ0) is 10.8. The van der Waals surface area contributed by atoms with Crippen LogP contribution in [0, 0.1) is 0 Å². The third-order valence-electron chi connectivity index (χ3n) is 2.23. The number of thiazole rings is 1. The minimum Gasteiger partial charge on any atom is -0.326 e. The first kappa shape index (κ1) is 10.8. The Balaban J connectivity index is 2.43. The highest BCUT2D eigenvalue weighted by Crippen LogP contribution is 2.32. The molecule has 15 heavy (non-hydrogen) atoms. The highest BCUT2D eigenvalue weighted by atomic mass is 32.1. The zero-order valence-corrected chi connectivity index (χ0v) is 10.5. The fourth-order valence-corrected chi connectivity index (χ4v) is 3.28. The molecule has 2 heterocycles. The lowest BCUT2D eigenvalue weighted by Gasteiger charge is -2.01. The Hall–Kier alpha value is -0.710. The topological polar surface area (TPSA) is 38.9 Å². The summed E-state index contributed by atoms with van der Waals surface area (Å²) in [5, 5.41) is 5.30. The van der Waals surface area contributed by atoms with Gasteiger partial charge in [-0.15, -0.1) is 11.3 Å². The molecule has 0 saturated heterocycles. The number of hydrogen-bond donors (Lipinski definition) is 1. The molecule has 2 aromatic rings. The molecule has 0 aromatic carbocycles. The third-order valence-corrected chi connectivity index (χ3v) is 4.05. The first-order valence-corrected chi connectivity index (χ1v) is 6.70. The monoisotopic (exact) mass is 238 g/mol. The molecule has 0 bridgehead atoms. The number of nitrogens with zero attached hydrogens (tertiary/aromatic N) is 1. The maximum Gasteiger partial charge on any atom is 0.124 e. The van der Waals surface area contributed by atoms with E-state index in [0.717, 1.165) is 10.7 Å². The van der Waals surface area contributed by atoms with Crippen molar-refractivity contribution in [3.05, 3.63) is 27.4 Å². The summed E-state index contributed by atoms with van der Waals surface area (Å²) in [5.41, 5.74) is 8.10. The van der Waals surface area contributed by atoms with Crippen LogP contribution < -0.4 is 5.73 Å². The maximum absolute atomic E-state index is 5.73. The normalized spacial score (nSPS) is 11.2. The van der Waals surface area contributed by atoms with E-state index in [1.807, 2.05) is 0 Å². The van der Waals surface area contributed by atoms with Crippen LogP contribution in [0.25, 0.3) is 10.6 Å². The molecule has 0 aliphatic heterocycles. The van der Waals surface area contributed by atoms with Crippen molar-refractivity contribution in [1.82, 2.24) is 4.98 Å². The fraction of sp³-hybridized carbons (Fsp3) is 0.364. The van der Waals surface area contributed by atoms with Crippen molar-refractivity contribution >= 4 is 22.7 Å². The van der Waals surface area contributed by atoms with Gasteiger partial charge in [0.15, 0.2) is 0 Å². The predicted molar refractivity (Wildman–Crippen MR) is 67.4 cm³/mol. The number of hydrogen-bond acceptors (Lipinski definition) is 4. The molecule has 0 atom stereocenters. The van der Waals surface area contributed by atoms with E-state index in [9.17, 15) is 0 Å². The minimum atomic E-state index is 0.451. The third kappa shape index (κ3) is 2.12. The van der Waals surface area contributed by atoms with Gasteiger partial charge in [0.25, 0.3) is 0 Å². The molecule has 2 N–H and O–H groups in total. The second-order valence-electron chi connectivity index (χ2n) is 3.70. The number of thiophene rings is 1. The van der Waals surface area contributed by atoms with Crippen LogP contribution in [-0.4, -0.2) is 4.98 Å². The van der Waals surface area contributed by atoms with Crippen LogP contribution in [0.4, 0.5) is 0 Å². The molecule has 0 amide bonds. The Morgan fingerprint density at radius 2 is 2.27 bits per heavy atom. The molecule has 80 valence electrons.